The fourth-order valence-electron chi connectivity index (χ4n) is 5.93. The van der Waals surface area contributed by atoms with Crippen LogP contribution in [0.25, 0.3) is 0 Å². The lowest BCUT2D eigenvalue weighted by molar-refractivity contribution is -0.154. The first-order valence-electron chi connectivity index (χ1n) is 18.7. The number of ketones is 1. The molecule has 1 aliphatic heterocycles. The lowest BCUT2D eigenvalue weighted by atomic mass is 9.92. The normalized spacial score (nSPS) is 16.8. The van der Waals surface area contributed by atoms with Gasteiger partial charge in [-0.05, 0) is 55.6 Å². The predicted molar refractivity (Wildman–Crippen MR) is 201 cm³/mol. The van der Waals surface area contributed by atoms with Crippen molar-refractivity contribution in [2.45, 2.75) is 103 Å². The van der Waals surface area contributed by atoms with Crippen molar-refractivity contribution in [2.24, 2.45) is 11.8 Å². The van der Waals surface area contributed by atoms with E-state index in [9.17, 15) is 34.2 Å². The van der Waals surface area contributed by atoms with Gasteiger partial charge in [0.25, 0.3) is 0 Å². The van der Waals surface area contributed by atoms with E-state index in [0.29, 0.717) is 44.7 Å². The third kappa shape index (κ3) is 15.0. The highest BCUT2D eigenvalue weighted by Gasteiger charge is 2.40. The molecule has 2 aromatic carbocycles. The third-order valence-electron chi connectivity index (χ3n) is 9.27. The number of Topliss-reactive ketones (excluding diaryl/α,β-unsaturated/α-hetero) is 1. The van der Waals surface area contributed by atoms with Crippen LogP contribution < -0.4 is 21.3 Å². The van der Waals surface area contributed by atoms with Gasteiger partial charge in [0, 0.05) is 25.9 Å². The van der Waals surface area contributed by atoms with Crippen molar-refractivity contribution in [2.75, 3.05) is 32.8 Å². The molecule has 1 heterocycles. The Bertz CT molecular complexity index is 1460. The van der Waals surface area contributed by atoms with E-state index in [1.807, 2.05) is 69.0 Å². The number of hydrogen-bond acceptors (Lipinski definition) is 9. The second-order valence-electron chi connectivity index (χ2n) is 14.9. The molecule has 292 valence electrons. The Hall–Kier alpha value is -4.17. The van der Waals surface area contributed by atoms with Crippen LogP contribution in [-0.2, 0) is 41.6 Å². The Balaban J connectivity index is 1.79. The van der Waals surface area contributed by atoms with Crippen molar-refractivity contribution in [3.05, 3.63) is 71.8 Å². The molecule has 0 aromatic heterocycles. The third-order valence-corrected chi connectivity index (χ3v) is 9.27. The van der Waals surface area contributed by atoms with E-state index < -0.39 is 53.5 Å². The number of rotatable bonds is 21. The van der Waals surface area contributed by atoms with Gasteiger partial charge in [-0.15, -0.1) is 0 Å². The van der Waals surface area contributed by atoms with Gasteiger partial charge in [0.15, 0.2) is 17.6 Å². The average molecular weight is 738 g/mol. The van der Waals surface area contributed by atoms with Crippen LogP contribution in [0.15, 0.2) is 60.7 Å². The molecule has 0 unspecified atom stereocenters. The molecule has 1 saturated heterocycles. The van der Waals surface area contributed by atoms with E-state index in [1.165, 1.54) is 0 Å². The number of aryl methyl sites for hydroxylation is 1. The van der Waals surface area contributed by atoms with E-state index in [2.05, 4.69) is 21.3 Å². The van der Waals surface area contributed by atoms with E-state index in [-0.39, 0.29) is 50.0 Å². The average Bonchev–Trinajstić information content (AvgIpc) is 3.12. The van der Waals surface area contributed by atoms with Crippen LogP contribution in [0.3, 0.4) is 0 Å². The Morgan fingerprint density at radius 2 is 1.28 bits per heavy atom. The summed E-state index contributed by atoms with van der Waals surface area (Å²) in [5.74, 6) is -2.79. The summed E-state index contributed by atoms with van der Waals surface area (Å²) in [6, 6.07) is 15.2. The topological polar surface area (TPSA) is 186 Å². The highest BCUT2D eigenvalue weighted by atomic mass is 16.5. The van der Waals surface area contributed by atoms with Crippen LogP contribution in [0.4, 0.5) is 0 Å². The van der Waals surface area contributed by atoms with Gasteiger partial charge in [-0.3, -0.25) is 28.9 Å². The Kier molecular flexibility index (Phi) is 17.5. The van der Waals surface area contributed by atoms with Gasteiger partial charge in [0.1, 0.15) is 18.1 Å². The number of nitrogens with one attached hydrogen (secondary N) is 4. The van der Waals surface area contributed by atoms with Crippen molar-refractivity contribution >= 4 is 29.4 Å². The van der Waals surface area contributed by atoms with Gasteiger partial charge >= 0.3 is 0 Å². The van der Waals surface area contributed by atoms with Crippen LogP contribution in [0, 0.1) is 11.8 Å². The first-order valence-corrected chi connectivity index (χ1v) is 18.7. The number of amides is 4. The van der Waals surface area contributed by atoms with Crippen LogP contribution in [0.1, 0.15) is 71.4 Å². The number of ether oxygens (including phenoxy) is 1. The van der Waals surface area contributed by atoms with Crippen LogP contribution in [-0.4, -0.2) is 107 Å². The largest absolute Gasteiger partial charge is 0.379 e. The Morgan fingerprint density at radius 3 is 1.87 bits per heavy atom. The van der Waals surface area contributed by atoms with Crippen molar-refractivity contribution in [3.8, 4) is 0 Å². The fourth-order valence-corrected chi connectivity index (χ4v) is 5.93. The molecule has 0 bridgehead atoms. The smallest absolute Gasteiger partial charge is 0.244 e. The lowest BCUT2D eigenvalue weighted by Crippen LogP contribution is -2.61. The molecule has 6 N–H and O–H groups in total. The molecule has 13 heteroatoms. The van der Waals surface area contributed by atoms with Gasteiger partial charge in [0.05, 0.1) is 19.8 Å². The molecular formula is C40H59N5O8. The number of carbonyl (C=O) groups excluding carboxylic acids is 5. The number of aliphatic hydroxyl groups excluding tert-OH is 1. The fraction of sp³-hybridized carbons (Fsp3) is 0.575. The zero-order valence-electron chi connectivity index (χ0n) is 31.8. The van der Waals surface area contributed by atoms with Gasteiger partial charge in [-0.1, -0.05) is 88.4 Å². The molecule has 13 nitrogen and oxygen atoms in total. The van der Waals surface area contributed by atoms with Crippen LogP contribution in [0.2, 0.25) is 0 Å². The summed E-state index contributed by atoms with van der Waals surface area (Å²) in [6.07, 6.45) is -0.395. The number of aliphatic hydroxyl groups is 2. The van der Waals surface area contributed by atoms with E-state index >= 15 is 0 Å². The maximum atomic E-state index is 14.0. The minimum absolute atomic E-state index is 0.0123. The second kappa shape index (κ2) is 21.5. The van der Waals surface area contributed by atoms with Gasteiger partial charge in [-0.2, -0.15) is 0 Å². The first-order chi connectivity index (χ1) is 25.1. The Labute approximate surface area is 313 Å². The van der Waals surface area contributed by atoms with Crippen molar-refractivity contribution in [1.29, 1.82) is 0 Å². The summed E-state index contributed by atoms with van der Waals surface area (Å²) < 4.78 is 5.38. The number of morpholine rings is 1. The molecule has 0 radical (unpaired) electrons. The quantitative estimate of drug-likeness (QED) is 0.104. The maximum Gasteiger partial charge on any atom is 0.244 e. The highest BCUT2D eigenvalue weighted by molar-refractivity contribution is 5.95. The molecule has 1 fully saturated rings. The Morgan fingerprint density at radius 1 is 0.736 bits per heavy atom. The van der Waals surface area contributed by atoms with Crippen LogP contribution >= 0.6 is 0 Å². The number of nitrogens with zero attached hydrogens (tertiary/aromatic N) is 1. The molecule has 0 aliphatic carbocycles. The molecule has 3 rings (SSSR count). The summed E-state index contributed by atoms with van der Waals surface area (Å²) in [5, 5.41) is 32.5. The van der Waals surface area contributed by atoms with Crippen LogP contribution in [0.5, 0.6) is 0 Å². The summed E-state index contributed by atoms with van der Waals surface area (Å²) in [6.45, 7) is 11.2. The molecule has 1 aliphatic rings. The molecule has 0 spiro atoms. The van der Waals surface area contributed by atoms with E-state index in [4.69, 9.17) is 4.74 Å². The summed E-state index contributed by atoms with van der Waals surface area (Å²) >= 11 is 0. The molecule has 0 saturated carbocycles. The first kappa shape index (κ1) is 43.2. The summed E-state index contributed by atoms with van der Waals surface area (Å²) in [5.41, 5.74) is -0.571. The highest BCUT2D eigenvalue weighted by Crippen LogP contribution is 2.17. The minimum Gasteiger partial charge on any atom is -0.379 e. The second-order valence-corrected chi connectivity index (χ2v) is 14.9. The molecule has 53 heavy (non-hydrogen) atoms. The SMILES string of the molecule is CC(C)CCC(=O)[C@](C)(O)[C@H](O)NC(=O)[C@H](Cc1ccccc1)NC(=O)[C@H](CC(C)C)NC(=O)[C@H](CCc1ccccc1)NC(=O)CN1CCOCC1. The van der Waals surface area contributed by atoms with Gasteiger partial charge in [-0.25, -0.2) is 0 Å². The standard InChI is InChI=1S/C40H59N5O8/c1-27(2)16-19-34(46)40(5,52)39(51)44-38(50)33(25-30-14-10-7-11-15-30)43-37(49)32(24-28(3)4)42-36(48)31(18-17-29-12-8-6-9-13-29)41-35(47)26-45-20-22-53-23-21-45/h6-15,27-28,31-33,39,51-52H,16-26H2,1-5H3,(H,41,47)(H,42,48)(H,43,49)(H,44,50)/t31-,32-,33-,39-,40-/m0/s1. The molecule has 5 atom stereocenters. The van der Waals surface area contributed by atoms with Gasteiger partial charge in [0.2, 0.25) is 23.6 Å². The van der Waals surface area contributed by atoms with E-state index in [1.54, 1.807) is 24.3 Å². The number of hydrogen-bond donors (Lipinski definition) is 6. The van der Waals surface area contributed by atoms with Gasteiger partial charge < -0.3 is 36.2 Å². The molecule has 4 amide bonds. The van der Waals surface area contributed by atoms with Crippen molar-refractivity contribution < 1.29 is 38.9 Å². The predicted octanol–water partition coefficient (Wildman–Crippen LogP) is 1.89. The minimum atomic E-state index is -2.26. The maximum absolute atomic E-state index is 14.0. The van der Waals surface area contributed by atoms with Crippen molar-refractivity contribution in [1.82, 2.24) is 26.2 Å². The lowest BCUT2D eigenvalue weighted by Gasteiger charge is -2.31. The summed E-state index contributed by atoms with van der Waals surface area (Å²) in [7, 11) is 0. The molecular weight excluding hydrogens is 678 g/mol. The van der Waals surface area contributed by atoms with Crippen molar-refractivity contribution in [3.63, 3.8) is 0 Å². The zero-order chi connectivity index (χ0) is 39.0. The molecule has 2 aromatic rings. The summed E-state index contributed by atoms with van der Waals surface area (Å²) in [4.78, 5) is 69.4. The van der Waals surface area contributed by atoms with E-state index in [0.717, 1.165) is 12.5 Å². The number of benzene rings is 2. The number of carbonyl (C=O) groups is 5. The monoisotopic (exact) mass is 737 g/mol. The zero-order valence-corrected chi connectivity index (χ0v) is 31.8.